The summed E-state index contributed by atoms with van der Waals surface area (Å²) in [6.07, 6.45) is 0. The van der Waals surface area contributed by atoms with Crippen LogP contribution in [0.5, 0.6) is 0 Å². The van der Waals surface area contributed by atoms with E-state index < -0.39 is 10.0 Å². The first-order valence-electron chi connectivity index (χ1n) is 5.94. The number of halogens is 2. The Morgan fingerprint density at radius 2 is 2.10 bits per heavy atom. The van der Waals surface area contributed by atoms with E-state index in [4.69, 9.17) is 33.5 Å². The molecule has 0 spiro atoms. The second-order valence-corrected chi connectivity index (χ2v) is 6.82. The Bertz CT molecular complexity index is 759. The van der Waals surface area contributed by atoms with Gasteiger partial charge < -0.3 is 10.3 Å². The second kappa shape index (κ2) is 6.33. The van der Waals surface area contributed by atoms with Crippen LogP contribution in [0.3, 0.4) is 0 Å². The van der Waals surface area contributed by atoms with Crippen LogP contribution in [0.15, 0.2) is 27.6 Å². The molecule has 0 aliphatic carbocycles. The van der Waals surface area contributed by atoms with Gasteiger partial charge in [0.25, 0.3) is 0 Å². The minimum absolute atomic E-state index is 0.0197. The Hall–Kier alpha value is -1.12. The van der Waals surface area contributed by atoms with E-state index in [2.05, 4.69) is 9.88 Å². The number of hydrogen-bond donors (Lipinski definition) is 2. The molecule has 1 heterocycles. The van der Waals surface area contributed by atoms with Crippen molar-refractivity contribution in [1.82, 2.24) is 9.88 Å². The van der Waals surface area contributed by atoms with Gasteiger partial charge in [-0.15, -0.1) is 0 Å². The fourth-order valence-electron chi connectivity index (χ4n) is 1.71. The first-order chi connectivity index (χ1) is 9.85. The molecule has 0 aliphatic rings. The molecular formula is C12H13Cl2N3O3S. The van der Waals surface area contributed by atoms with Gasteiger partial charge in [-0.1, -0.05) is 28.4 Å². The van der Waals surface area contributed by atoms with Crippen LogP contribution in [0, 0.1) is 6.92 Å². The summed E-state index contributed by atoms with van der Waals surface area (Å²) >= 11 is 12.0. The van der Waals surface area contributed by atoms with E-state index >= 15 is 0 Å². The van der Waals surface area contributed by atoms with Crippen molar-refractivity contribution in [3.63, 3.8) is 0 Å². The van der Waals surface area contributed by atoms with Crippen molar-refractivity contribution in [2.75, 3.05) is 0 Å². The summed E-state index contributed by atoms with van der Waals surface area (Å²) in [5.74, 6) is 0.403. The topological polar surface area (TPSA) is 98.2 Å². The van der Waals surface area contributed by atoms with Crippen molar-refractivity contribution in [1.29, 1.82) is 0 Å². The maximum atomic E-state index is 12.3. The molecule has 0 radical (unpaired) electrons. The monoisotopic (exact) mass is 349 g/mol. The van der Waals surface area contributed by atoms with Crippen LogP contribution >= 0.6 is 23.2 Å². The molecule has 21 heavy (non-hydrogen) atoms. The third-order valence-electron chi connectivity index (χ3n) is 2.76. The summed E-state index contributed by atoms with van der Waals surface area (Å²) in [5, 5.41) is 4.02. The maximum absolute atomic E-state index is 12.3. The Labute approximate surface area is 132 Å². The zero-order valence-electron chi connectivity index (χ0n) is 11.1. The highest BCUT2D eigenvalue weighted by molar-refractivity contribution is 7.89. The number of benzene rings is 1. The molecule has 0 amide bonds. The van der Waals surface area contributed by atoms with E-state index in [1.807, 2.05) is 0 Å². The minimum Gasteiger partial charge on any atom is -0.360 e. The fraction of sp³-hybridized carbons (Fsp3) is 0.250. The molecule has 0 fully saturated rings. The number of aromatic nitrogens is 1. The van der Waals surface area contributed by atoms with E-state index in [0.29, 0.717) is 22.0 Å². The molecule has 114 valence electrons. The molecule has 1 aromatic carbocycles. The molecule has 1 aromatic heterocycles. The molecule has 2 rings (SSSR count). The number of hydrogen-bond acceptors (Lipinski definition) is 5. The van der Waals surface area contributed by atoms with Crippen LogP contribution in [0.1, 0.15) is 17.0 Å². The van der Waals surface area contributed by atoms with E-state index in [-0.39, 0.29) is 23.0 Å². The van der Waals surface area contributed by atoms with Crippen LogP contribution in [0.2, 0.25) is 10.0 Å². The highest BCUT2D eigenvalue weighted by Gasteiger charge is 2.21. The number of rotatable bonds is 5. The standard InChI is InChI=1S/C12H13Cl2N3O3S/c1-7-4-8(20-17-7)6-16-21(18,19)11-3-2-10(13)9(5-15)12(11)14/h2-4,16H,5-6,15H2,1H3. The van der Waals surface area contributed by atoms with Crippen molar-refractivity contribution in [3.8, 4) is 0 Å². The van der Waals surface area contributed by atoms with Crippen molar-refractivity contribution < 1.29 is 12.9 Å². The van der Waals surface area contributed by atoms with Gasteiger partial charge in [-0.2, -0.15) is 0 Å². The lowest BCUT2D eigenvalue weighted by molar-refractivity contribution is 0.377. The van der Waals surface area contributed by atoms with Crippen LogP contribution in [0.4, 0.5) is 0 Å². The van der Waals surface area contributed by atoms with Gasteiger partial charge in [0.05, 0.1) is 17.3 Å². The first kappa shape index (κ1) is 16.3. The van der Waals surface area contributed by atoms with Gasteiger partial charge >= 0.3 is 0 Å². The fourth-order valence-corrected chi connectivity index (χ4v) is 3.64. The van der Waals surface area contributed by atoms with Gasteiger partial charge in [0.15, 0.2) is 5.76 Å². The average molecular weight is 350 g/mol. The van der Waals surface area contributed by atoms with E-state index in [9.17, 15) is 8.42 Å². The molecule has 2 aromatic rings. The van der Waals surface area contributed by atoms with Gasteiger partial charge in [0, 0.05) is 23.2 Å². The molecule has 0 aliphatic heterocycles. The first-order valence-corrected chi connectivity index (χ1v) is 8.18. The second-order valence-electron chi connectivity index (χ2n) is 4.30. The lowest BCUT2D eigenvalue weighted by Crippen LogP contribution is -2.23. The lowest BCUT2D eigenvalue weighted by Gasteiger charge is -2.11. The Morgan fingerprint density at radius 3 is 2.67 bits per heavy atom. The molecule has 3 N–H and O–H groups in total. The number of nitrogens with zero attached hydrogens (tertiary/aromatic N) is 1. The Kier molecular flexibility index (Phi) is 4.90. The third kappa shape index (κ3) is 3.56. The smallest absolute Gasteiger partial charge is 0.242 e. The van der Waals surface area contributed by atoms with Crippen molar-refractivity contribution >= 4 is 33.2 Å². The summed E-state index contributed by atoms with van der Waals surface area (Å²) in [5.41, 5.74) is 6.58. The number of aryl methyl sites for hydroxylation is 1. The zero-order chi connectivity index (χ0) is 15.6. The molecule has 9 heteroatoms. The molecule has 0 atom stereocenters. The quantitative estimate of drug-likeness (QED) is 0.862. The van der Waals surface area contributed by atoms with Gasteiger partial charge in [-0.05, 0) is 19.1 Å². The number of nitrogens with two attached hydrogens (primary N) is 1. The average Bonchev–Trinajstić information content (AvgIpc) is 2.83. The van der Waals surface area contributed by atoms with Gasteiger partial charge in [-0.3, -0.25) is 0 Å². The zero-order valence-corrected chi connectivity index (χ0v) is 13.4. The summed E-state index contributed by atoms with van der Waals surface area (Å²) in [7, 11) is -3.81. The predicted octanol–water partition coefficient (Wildman–Crippen LogP) is 2.23. The molecule has 0 unspecified atom stereocenters. The van der Waals surface area contributed by atoms with Gasteiger partial charge in [0.1, 0.15) is 4.90 Å². The highest BCUT2D eigenvalue weighted by atomic mass is 35.5. The molecule has 0 bridgehead atoms. The maximum Gasteiger partial charge on any atom is 0.242 e. The summed E-state index contributed by atoms with van der Waals surface area (Å²) in [6.45, 7) is 1.76. The Morgan fingerprint density at radius 1 is 1.38 bits per heavy atom. The lowest BCUT2D eigenvalue weighted by atomic mass is 10.2. The number of nitrogens with one attached hydrogen (secondary N) is 1. The molecule has 0 saturated carbocycles. The van der Waals surface area contributed by atoms with Gasteiger partial charge in [-0.25, -0.2) is 13.1 Å². The van der Waals surface area contributed by atoms with E-state index in [1.54, 1.807) is 13.0 Å². The summed E-state index contributed by atoms with van der Waals surface area (Å²) in [4.78, 5) is -0.0785. The van der Waals surface area contributed by atoms with E-state index in [0.717, 1.165) is 0 Å². The van der Waals surface area contributed by atoms with Crippen molar-refractivity contribution in [3.05, 3.63) is 45.3 Å². The van der Waals surface area contributed by atoms with Crippen molar-refractivity contribution in [2.45, 2.75) is 24.9 Å². The third-order valence-corrected chi connectivity index (χ3v) is 5.10. The van der Waals surface area contributed by atoms with Crippen molar-refractivity contribution in [2.24, 2.45) is 5.73 Å². The minimum atomic E-state index is -3.81. The molecule has 6 nitrogen and oxygen atoms in total. The Balaban J connectivity index is 2.27. The SMILES string of the molecule is Cc1cc(CNS(=O)(=O)c2ccc(Cl)c(CN)c2Cl)on1. The van der Waals surface area contributed by atoms with Gasteiger partial charge in [0.2, 0.25) is 10.0 Å². The van der Waals surface area contributed by atoms with Crippen LogP contribution in [0.25, 0.3) is 0 Å². The highest BCUT2D eigenvalue weighted by Crippen LogP contribution is 2.30. The van der Waals surface area contributed by atoms with Crippen LogP contribution < -0.4 is 10.5 Å². The van der Waals surface area contributed by atoms with Crippen LogP contribution in [-0.2, 0) is 23.1 Å². The summed E-state index contributed by atoms with van der Waals surface area (Å²) in [6, 6.07) is 4.41. The largest absolute Gasteiger partial charge is 0.360 e. The molecular weight excluding hydrogens is 337 g/mol. The molecule has 0 saturated heterocycles. The number of sulfonamides is 1. The van der Waals surface area contributed by atoms with Crippen LogP contribution in [-0.4, -0.2) is 13.6 Å². The van der Waals surface area contributed by atoms with E-state index in [1.165, 1.54) is 12.1 Å². The normalized spacial score (nSPS) is 11.8. The predicted molar refractivity (Wildman–Crippen MR) is 79.6 cm³/mol. The summed E-state index contributed by atoms with van der Waals surface area (Å²) < 4.78 is 31.9.